The van der Waals surface area contributed by atoms with E-state index in [1.54, 1.807) is 18.2 Å². The molecular formula is C13H13ClN2O. The van der Waals surface area contributed by atoms with Crippen LogP contribution < -0.4 is 0 Å². The number of halogens is 1. The highest BCUT2D eigenvalue weighted by molar-refractivity contribution is 6.31. The molecule has 0 fully saturated rings. The second-order valence-electron chi connectivity index (χ2n) is 3.83. The molecule has 0 unspecified atom stereocenters. The van der Waals surface area contributed by atoms with Crippen LogP contribution in [0.1, 0.15) is 23.0 Å². The number of aldehydes is 1. The van der Waals surface area contributed by atoms with E-state index < -0.39 is 0 Å². The van der Waals surface area contributed by atoms with Crippen molar-refractivity contribution in [3.8, 4) is 11.1 Å². The molecule has 4 heteroatoms. The van der Waals surface area contributed by atoms with Gasteiger partial charge in [-0.1, -0.05) is 11.6 Å². The van der Waals surface area contributed by atoms with Gasteiger partial charge >= 0.3 is 0 Å². The van der Waals surface area contributed by atoms with Gasteiger partial charge in [-0.25, -0.2) is 0 Å². The van der Waals surface area contributed by atoms with Crippen molar-refractivity contribution in [1.82, 2.24) is 9.78 Å². The van der Waals surface area contributed by atoms with Crippen LogP contribution in [-0.2, 0) is 6.54 Å². The largest absolute Gasteiger partial charge is 0.298 e. The third-order valence-electron chi connectivity index (χ3n) is 2.70. The van der Waals surface area contributed by atoms with Crippen LogP contribution >= 0.6 is 11.6 Å². The predicted octanol–water partition coefficient (Wildman–Crippen LogP) is 3.34. The number of hydrogen-bond acceptors (Lipinski definition) is 2. The van der Waals surface area contributed by atoms with Gasteiger partial charge in [0.25, 0.3) is 0 Å². The SMILES string of the molecule is CCn1cc(-c2cc(Cl)ccc2C=O)c(C)n1. The third-order valence-corrected chi connectivity index (χ3v) is 2.94. The Hall–Kier alpha value is -1.61. The van der Waals surface area contributed by atoms with Gasteiger partial charge in [0, 0.05) is 28.9 Å². The molecule has 1 aromatic heterocycles. The summed E-state index contributed by atoms with van der Waals surface area (Å²) >= 11 is 5.97. The fraction of sp³-hybridized carbons (Fsp3) is 0.231. The first-order valence-corrected chi connectivity index (χ1v) is 5.82. The van der Waals surface area contributed by atoms with Crippen molar-refractivity contribution in [2.45, 2.75) is 20.4 Å². The molecule has 0 atom stereocenters. The summed E-state index contributed by atoms with van der Waals surface area (Å²) in [7, 11) is 0. The minimum atomic E-state index is 0.620. The molecule has 88 valence electrons. The molecule has 0 aliphatic carbocycles. The normalized spacial score (nSPS) is 10.5. The summed E-state index contributed by atoms with van der Waals surface area (Å²) in [5, 5.41) is 4.99. The van der Waals surface area contributed by atoms with Crippen LogP contribution in [0.15, 0.2) is 24.4 Å². The molecular weight excluding hydrogens is 236 g/mol. The van der Waals surface area contributed by atoms with Gasteiger partial charge in [0.15, 0.2) is 6.29 Å². The molecule has 2 aromatic rings. The fourth-order valence-electron chi connectivity index (χ4n) is 1.81. The highest BCUT2D eigenvalue weighted by Gasteiger charge is 2.11. The van der Waals surface area contributed by atoms with Crippen LogP contribution in [0.3, 0.4) is 0 Å². The highest BCUT2D eigenvalue weighted by Crippen LogP contribution is 2.28. The van der Waals surface area contributed by atoms with Crippen molar-refractivity contribution in [3.05, 3.63) is 40.7 Å². The maximum absolute atomic E-state index is 11.0. The summed E-state index contributed by atoms with van der Waals surface area (Å²) in [5.74, 6) is 0. The molecule has 0 aliphatic rings. The summed E-state index contributed by atoms with van der Waals surface area (Å²) < 4.78 is 1.85. The van der Waals surface area contributed by atoms with Crippen LogP contribution in [0.2, 0.25) is 5.02 Å². The van der Waals surface area contributed by atoms with Gasteiger partial charge in [-0.15, -0.1) is 0 Å². The van der Waals surface area contributed by atoms with E-state index in [1.807, 2.05) is 24.7 Å². The predicted molar refractivity (Wildman–Crippen MR) is 68.5 cm³/mol. The van der Waals surface area contributed by atoms with E-state index >= 15 is 0 Å². The van der Waals surface area contributed by atoms with Gasteiger partial charge in [0.2, 0.25) is 0 Å². The Morgan fingerprint density at radius 2 is 2.18 bits per heavy atom. The molecule has 0 saturated heterocycles. The Bertz CT molecular complexity index is 561. The minimum absolute atomic E-state index is 0.620. The number of benzene rings is 1. The molecule has 0 N–H and O–H groups in total. The van der Waals surface area contributed by atoms with Crippen molar-refractivity contribution in [2.24, 2.45) is 0 Å². The zero-order valence-corrected chi connectivity index (χ0v) is 10.5. The van der Waals surface area contributed by atoms with Gasteiger partial charge in [-0.3, -0.25) is 9.48 Å². The van der Waals surface area contributed by atoms with Crippen LogP contribution in [0, 0.1) is 6.92 Å². The van der Waals surface area contributed by atoms with E-state index in [4.69, 9.17) is 11.6 Å². The topological polar surface area (TPSA) is 34.9 Å². The van der Waals surface area contributed by atoms with Gasteiger partial charge in [0.05, 0.1) is 5.69 Å². The number of aromatic nitrogens is 2. The van der Waals surface area contributed by atoms with E-state index in [0.29, 0.717) is 10.6 Å². The third kappa shape index (κ3) is 2.24. The molecule has 0 amide bonds. The Balaban J connectivity index is 2.62. The lowest BCUT2D eigenvalue weighted by Gasteiger charge is -2.03. The maximum atomic E-state index is 11.0. The fourth-order valence-corrected chi connectivity index (χ4v) is 1.98. The molecule has 17 heavy (non-hydrogen) atoms. The minimum Gasteiger partial charge on any atom is -0.298 e. The summed E-state index contributed by atoms with van der Waals surface area (Å²) in [4.78, 5) is 11.0. The Morgan fingerprint density at radius 3 is 2.76 bits per heavy atom. The lowest BCUT2D eigenvalue weighted by atomic mass is 10.0. The zero-order chi connectivity index (χ0) is 12.4. The molecule has 3 nitrogen and oxygen atoms in total. The van der Waals surface area contributed by atoms with Crippen molar-refractivity contribution in [2.75, 3.05) is 0 Å². The first-order valence-electron chi connectivity index (χ1n) is 5.45. The Kier molecular flexibility index (Phi) is 3.29. The standard InChI is InChI=1S/C13H13ClN2O/c1-3-16-7-13(9(2)15-16)12-6-11(14)5-4-10(12)8-17/h4-8H,3H2,1-2H3. The van der Waals surface area contributed by atoms with E-state index in [2.05, 4.69) is 5.10 Å². The molecule has 0 aliphatic heterocycles. The molecule has 1 heterocycles. The first kappa shape index (κ1) is 11.9. The Morgan fingerprint density at radius 1 is 1.41 bits per heavy atom. The van der Waals surface area contributed by atoms with Crippen LogP contribution in [0.4, 0.5) is 0 Å². The summed E-state index contributed by atoms with van der Waals surface area (Å²) in [6.07, 6.45) is 2.78. The van der Waals surface area contributed by atoms with E-state index in [1.165, 1.54) is 0 Å². The number of carbonyl (C=O) groups excluding carboxylic acids is 1. The summed E-state index contributed by atoms with van der Waals surface area (Å²) in [6.45, 7) is 4.75. The van der Waals surface area contributed by atoms with Gasteiger partial charge in [0.1, 0.15) is 0 Å². The van der Waals surface area contributed by atoms with Crippen molar-refractivity contribution >= 4 is 17.9 Å². The highest BCUT2D eigenvalue weighted by atomic mass is 35.5. The molecule has 0 spiro atoms. The average molecular weight is 249 g/mol. The van der Waals surface area contributed by atoms with Crippen molar-refractivity contribution in [3.63, 3.8) is 0 Å². The molecule has 2 rings (SSSR count). The molecule has 0 saturated carbocycles. The lowest BCUT2D eigenvalue weighted by molar-refractivity contribution is 0.112. The smallest absolute Gasteiger partial charge is 0.150 e. The van der Waals surface area contributed by atoms with Crippen LogP contribution in [-0.4, -0.2) is 16.1 Å². The zero-order valence-electron chi connectivity index (χ0n) is 9.77. The quantitative estimate of drug-likeness (QED) is 0.781. The van der Waals surface area contributed by atoms with Gasteiger partial charge in [-0.05, 0) is 37.6 Å². The van der Waals surface area contributed by atoms with Crippen molar-refractivity contribution in [1.29, 1.82) is 0 Å². The van der Waals surface area contributed by atoms with Crippen LogP contribution in [0.25, 0.3) is 11.1 Å². The second-order valence-corrected chi connectivity index (χ2v) is 4.27. The molecule has 1 aromatic carbocycles. The van der Waals surface area contributed by atoms with E-state index in [9.17, 15) is 4.79 Å². The van der Waals surface area contributed by atoms with Crippen molar-refractivity contribution < 1.29 is 4.79 Å². The monoisotopic (exact) mass is 248 g/mol. The summed E-state index contributed by atoms with van der Waals surface area (Å²) in [6, 6.07) is 5.25. The average Bonchev–Trinajstić information content (AvgIpc) is 2.70. The number of carbonyl (C=O) groups is 1. The van der Waals surface area contributed by atoms with E-state index in [0.717, 1.165) is 29.7 Å². The lowest BCUT2D eigenvalue weighted by Crippen LogP contribution is -1.93. The summed E-state index contributed by atoms with van der Waals surface area (Å²) in [5.41, 5.74) is 3.33. The van der Waals surface area contributed by atoms with E-state index in [-0.39, 0.29) is 0 Å². The van der Waals surface area contributed by atoms with Gasteiger partial charge < -0.3 is 0 Å². The maximum Gasteiger partial charge on any atom is 0.150 e. The number of nitrogens with zero attached hydrogens (tertiary/aromatic N) is 2. The number of hydrogen-bond donors (Lipinski definition) is 0. The number of rotatable bonds is 3. The second kappa shape index (κ2) is 4.72. The number of aryl methyl sites for hydroxylation is 2. The first-order chi connectivity index (χ1) is 8.15. The molecule has 0 radical (unpaired) electrons. The van der Waals surface area contributed by atoms with Gasteiger partial charge in [-0.2, -0.15) is 5.10 Å². The Labute approximate surface area is 105 Å². The molecule has 0 bridgehead atoms. The van der Waals surface area contributed by atoms with Crippen LogP contribution in [0.5, 0.6) is 0 Å².